The zero-order chi connectivity index (χ0) is 23.1. The lowest BCUT2D eigenvalue weighted by Gasteiger charge is -2.30. The number of alkyl carbamates (subject to hydrolysis) is 1. The van der Waals surface area contributed by atoms with Crippen molar-refractivity contribution in [2.24, 2.45) is 4.99 Å². The second-order valence-electron chi connectivity index (χ2n) is 9.68. The number of hydrogen-bond donors (Lipinski definition) is 3. The maximum atomic E-state index is 12.1. The predicted molar refractivity (Wildman–Crippen MR) is 127 cm³/mol. The fourth-order valence-corrected chi connectivity index (χ4v) is 4.23. The molecule has 0 aromatic heterocycles. The zero-order valence-corrected chi connectivity index (χ0v) is 19.9. The number of hydrogen-bond acceptors (Lipinski definition) is 5. The van der Waals surface area contributed by atoms with Gasteiger partial charge in [0.25, 0.3) is 0 Å². The van der Waals surface area contributed by atoms with Crippen molar-refractivity contribution in [1.29, 1.82) is 0 Å². The summed E-state index contributed by atoms with van der Waals surface area (Å²) in [7, 11) is 0. The number of aliphatic hydroxyl groups is 1. The molecule has 0 aliphatic carbocycles. The smallest absolute Gasteiger partial charge is 0.407 e. The molecule has 2 unspecified atom stereocenters. The van der Waals surface area contributed by atoms with Gasteiger partial charge in [0.1, 0.15) is 5.60 Å². The van der Waals surface area contributed by atoms with E-state index in [-0.39, 0.29) is 12.1 Å². The fourth-order valence-electron chi connectivity index (χ4n) is 4.23. The van der Waals surface area contributed by atoms with Crippen molar-refractivity contribution >= 4 is 12.1 Å². The average molecular weight is 446 g/mol. The highest BCUT2D eigenvalue weighted by molar-refractivity contribution is 5.80. The minimum atomic E-state index is -0.521. The van der Waals surface area contributed by atoms with E-state index in [1.165, 1.54) is 11.1 Å². The van der Waals surface area contributed by atoms with Crippen LogP contribution in [-0.4, -0.2) is 84.0 Å². The van der Waals surface area contributed by atoms with Crippen LogP contribution in [0.1, 0.15) is 45.2 Å². The number of guanidine groups is 1. The van der Waals surface area contributed by atoms with Crippen LogP contribution in [0.25, 0.3) is 0 Å². The van der Waals surface area contributed by atoms with E-state index >= 15 is 0 Å². The highest BCUT2D eigenvalue weighted by Gasteiger charge is 2.28. The Bertz CT molecular complexity index is 792. The molecule has 1 aromatic carbocycles. The lowest BCUT2D eigenvalue weighted by Crippen LogP contribution is -2.44. The normalized spacial score (nSPS) is 20.6. The summed E-state index contributed by atoms with van der Waals surface area (Å²) >= 11 is 0. The van der Waals surface area contributed by atoms with E-state index in [4.69, 9.17) is 4.74 Å². The number of fused-ring (bicyclic) bond motifs is 1. The molecular formula is C24H39N5O3. The van der Waals surface area contributed by atoms with Crippen LogP contribution < -0.4 is 10.6 Å². The Morgan fingerprint density at radius 1 is 1.28 bits per heavy atom. The van der Waals surface area contributed by atoms with Crippen molar-refractivity contribution in [2.75, 3.05) is 39.3 Å². The van der Waals surface area contributed by atoms with E-state index in [1.54, 1.807) is 0 Å². The summed E-state index contributed by atoms with van der Waals surface area (Å²) < 4.78 is 5.36. The first-order chi connectivity index (χ1) is 15.2. The standard InChI is InChI=1S/C24H39N5O3/c1-5-25-22(29-13-11-20(16-29)27-23(31)32-24(2,3)4)26-14-21(30)17-28-12-10-18-8-6-7-9-19(18)15-28/h6-9,20-21,30H,5,10-17H2,1-4H3,(H,25,26)(H,27,31). The summed E-state index contributed by atoms with van der Waals surface area (Å²) in [4.78, 5) is 21.2. The molecule has 2 heterocycles. The number of β-amino-alcohol motifs (C(OH)–C–C–N with tert-alkyl or cyclic N) is 1. The Morgan fingerprint density at radius 2 is 2.03 bits per heavy atom. The van der Waals surface area contributed by atoms with Gasteiger partial charge >= 0.3 is 6.09 Å². The van der Waals surface area contributed by atoms with Crippen LogP contribution in [0.15, 0.2) is 29.3 Å². The third-order valence-electron chi connectivity index (χ3n) is 5.67. The third kappa shape index (κ3) is 7.38. The van der Waals surface area contributed by atoms with Gasteiger partial charge in [0.15, 0.2) is 5.96 Å². The predicted octanol–water partition coefficient (Wildman–Crippen LogP) is 1.97. The van der Waals surface area contributed by atoms with Gasteiger partial charge in [-0.3, -0.25) is 9.89 Å². The van der Waals surface area contributed by atoms with Gasteiger partial charge in [-0.25, -0.2) is 4.79 Å². The number of ether oxygens (including phenoxy) is 1. The molecule has 2 aliphatic heterocycles. The van der Waals surface area contributed by atoms with E-state index in [9.17, 15) is 9.90 Å². The number of benzene rings is 1. The second kappa shape index (κ2) is 11.0. The summed E-state index contributed by atoms with van der Waals surface area (Å²) in [5.41, 5.74) is 2.25. The molecule has 8 heteroatoms. The lowest BCUT2D eigenvalue weighted by atomic mass is 10.00. The number of rotatable bonds is 6. The summed E-state index contributed by atoms with van der Waals surface area (Å²) in [6.07, 6.45) is 0.950. The summed E-state index contributed by atoms with van der Waals surface area (Å²) in [5, 5.41) is 16.9. The molecule has 0 spiro atoms. The van der Waals surface area contributed by atoms with E-state index < -0.39 is 11.7 Å². The monoisotopic (exact) mass is 445 g/mol. The quantitative estimate of drug-likeness (QED) is 0.458. The molecule has 1 aromatic rings. The highest BCUT2D eigenvalue weighted by Crippen LogP contribution is 2.18. The van der Waals surface area contributed by atoms with Crippen LogP contribution in [0.4, 0.5) is 4.79 Å². The van der Waals surface area contributed by atoms with E-state index in [0.29, 0.717) is 19.6 Å². The Morgan fingerprint density at radius 3 is 2.75 bits per heavy atom. The van der Waals surface area contributed by atoms with Gasteiger partial charge in [0.05, 0.1) is 18.7 Å². The molecule has 3 rings (SSSR count). The van der Waals surface area contributed by atoms with Crippen molar-refractivity contribution in [3.63, 3.8) is 0 Å². The molecule has 1 saturated heterocycles. The SMILES string of the molecule is CCNC(=NCC(O)CN1CCc2ccccc2C1)N1CCC(NC(=O)OC(C)(C)C)C1. The minimum Gasteiger partial charge on any atom is -0.444 e. The molecule has 0 saturated carbocycles. The molecule has 0 bridgehead atoms. The topological polar surface area (TPSA) is 89.4 Å². The van der Waals surface area contributed by atoms with Gasteiger partial charge in [-0.15, -0.1) is 0 Å². The molecule has 8 nitrogen and oxygen atoms in total. The van der Waals surface area contributed by atoms with Crippen LogP contribution in [0.3, 0.4) is 0 Å². The van der Waals surface area contributed by atoms with Crippen molar-refractivity contribution in [1.82, 2.24) is 20.4 Å². The van der Waals surface area contributed by atoms with E-state index in [0.717, 1.165) is 45.0 Å². The number of aliphatic imine (C=N–C) groups is 1. The summed E-state index contributed by atoms with van der Waals surface area (Å²) in [6.45, 7) is 12.6. The Hall–Kier alpha value is -2.32. The first-order valence-corrected chi connectivity index (χ1v) is 11.7. The van der Waals surface area contributed by atoms with Gasteiger partial charge in [-0.2, -0.15) is 0 Å². The Balaban J connectivity index is 1.49. The highest BCUT2D eigenvalue weighted by atomic mass is 16.6. The largest absolute Gasteiger partial charge is 0.444 e. The first kappa shape index (κ1) is 24.3. The Labute approximate surface area is 192 Å². The summed E-state index contributed by atoms with van der Waals surface area (Å²) in [6, 6.07) is 8.55. The Kier molecular flexibility index (Phi) is 8.37. The van der Waals surface area contributed by atoms with Crippen LogP contribution in [-0.2, 0) is 17.7 Å². The van der Waals surface area contributed by atoms with Gasteiger partial charge in [-0.05, 0) is 51.7 Å². The van der Waals surface area contributed by atoms with E-state index in [1.807, 2.05) is 27.7 Å². The first-order valence-electron chi connectivity index (χ1n) is 11.7. The van der Waals surface area contributed by atoms with Crippen molar-refractivity contribution < 1.29 is 14.6 Å². The van der Waals surface area contributed by atoms with Crippen LogP contribution in [0.5, 0.6) is 0 Å². The molecule has 178 valence electrons. The molecule has 0 radical (unpaired) electrons. The van der Waals surface area contributed by atoms with Crippen LogP contribution in [0, 0.1) is 0 Å². The molecular weight excluding hydrogens is 406 g/mol. The molecule has 3 N–H and O–H groups in total. The maximum absolute atomic E-state index is 12.1. The summed E-state index contributed by atoms with van der Waals surface area (Å²) in [5.74, 6) is 0.782. The van der Waals surface area contributed by atoms with Crippen molar-refractivity contribution in [3.05, 3.63) is 35.4 Å². The molecule has 32 heavy (non-hydrogen) atoms. The van der Waals surface area contributed by atoms with Crippen LogP contribution >= 0.6 is 0 Å². The minimum absolute atomic E-state index is 0.0204. The number of amides is 1. The third-order valence-corrected chi connectivity index (χ3v) is 5.67. The number of likely N-dealkylation sites (tertiary alicyclic amines) is 1. The van der Waals surface area contributed by atoms with Gasteiger partial charge in [-0.1, -0.05) is 24.3 Å². The molecule has 2 atom stereocenters. The average Bonchev–Trinajstić information content (AvgIpc) is 3.17. The van der Waals surface area contributed by atoms with Crippen molar-refractivity contribution in [2.45, 2.75) is 64.8 Å². The lowest BCUT2D eigenvalue weighted by molar-refractivity contribution is 0.0507. The molecule has 1 amide bonds. The zero-order valence-electron chi connectivity index (χ0n) is 19.9. The van der Waals surface area contributed by atoms with Gasteiger partial charge < -0.3 is 25.4 Å². The number of carbonyl (C=O) groups excluding carboxylic acids is 1. The number of carbonyl (C=O) groups is 1. The van der Waals surface area contributed by atoms with Crippen LogP contribution in [0.2, 0.25) is 0 Å². The fraction of sp³-hybridized carbons (Fsp3) is 0.667. The number of nitrogens with zero attached hydrogens (tertiary/aromatic N) is 3. The molecule has 2 aliphatic rings. The van der Waals surface area contributed by atoms with E-state index in [2.05, 4.69) is 49.7 Å². The molecule has 1 fully saturated rings. The van der Waals surface area contributed by atoms with Crippen molar-refractivity contribution in [3.8, 4) is 0 Å². The van der Waals surface area contributed by atoms with Gasteiger partial charge in [0.2, 0.25) is 0 Å². The maximum Gasteiger partial charge on any atom is 0.407 e. The number of nitrogens with one attached hydrogen (secondary N) is 2. The number of aliphatic hydroxyl groups excluding tert-OH is 1. The second-order valence-corrected chi connectivity index (χ2v) is 9.68. The van der Waals surface area contributed by atoms with Gasteiger partial charge in [0, 0.05) is 39.3 Å².